The maximum Gasteiger partial charge on any atom is 0.0247 e. The fourth-order valence-electron chi connectivity index (χ4n) is 1.11. The number of hydrogen-bond donors (Lipinski definition) is 2. The van der Waals surface area contributed by atoms with Crippen molar-refractivity contribution in [3.05, 3.63) is 12.7 Å². The lowest BCUT2D eigenvalue weighted by Gasteiger charge is -2.13. The highest BCUT2D eigenvalue weighted by Gasteiger charge is 2.00. The van der Waals surface area contributed by atoms with Crippen molar-refractivity contribution in [2.24, 2.45) is 0 Å². The first-order chi connectivity index (χ1) is 5.85. The first-order valence-electron chi connectivity index (χ1n) is 4.85. The van der Waals surface area contributed by atoms with E-state index in [1.54, 1.807) is 0 Å². The number of hydrogen-bond acceptors (Lipinski definition) is 2. The number of rotatable bonds is 8. The highest BCUT2D eigenvalue weighted by Crippen LogP contribution is 2.00. The molecule has 12 heavy (non-hydrogen) atoms. The lowest BCUT2D eigenvalue weighted by molar-refractivity contribution is 0.528. The molecule has 0 aliphatic rings. The van der Waals surface area contributed by atoms with E-state index in [1.165, 1.54) is 19.3 Å². The van der Waals surface area contributed by atoms with Crippen molar-refractivity contribution in [1.29, 1.82) is 0 Å². The maximum atomic E-state index is 3.81. The molecule has 0 saturated carbocycles. The molecule has 0 aromatic carbocycles. The van der Waals surface area contributed by atoms with E-state index < -0.39 is 0 Å². The third-order valence-corrected chi connectivity index (χ3v) is 1.93. The summed E-state index contributed by atoms with van der Waals surface area (Å²) in [5.41, 5.74) is 0. The van der Waals surface area contributed by atoms with Crippen LogP contribution in [0.3, 0.4) is 0 Å². The van der Waals surface area contributed by atoms with Gasteiger partial charge in [0.15, 0.2) is 0 Å². The fourth-order valence-corrected chi connectivity index (χ4v) is 1.11. The molecule has 0 bridgehead atoms. The molecule has 0 aliphatic heterocycles. The molecule has 0 heterocycles. The lowest BCUT2D eigenvalue weighted by atomic mass is 10.1. The summed E-state index contributed by atoms with van der Waals surface area (Å²) < 4.78 is 0. The third kappa shape index (κ3) is 6.38. The van der Waals surface area contributed by atoms with E-state index in [9.17, 15) is 0 Å². The zero-order valence-corrected chi connectivity index (χ0v) is 8.40. The van der Waals surface area contributed by atoms with Gasteiger partial charge in [0.25, 0.3) is 0 Å². The van der Waals surface area contributed by atoms with Gasteiger partial charge in [0, 0.05) is 19.1 Å². The molecular weight excluding hydrogens is 148 g/mol. The van der Waals surface area contributed by atoms with E-state index in [4.69, 9.17) is 0 Å². The van der Waals surface area contributed by atoms with Gasteiger partial charge in [0.05, 0.1) is 0 Å². The summed E-state index contributed by atoms with van der Waals surface area (Å²) in [5, 5.41) is 6.53. The van der Waals surface area contributed by atoms with Crippen molar-refractivity contribution < 1.29 is 0 Å². The van der Waals surface area contributed by atoms with E-state index in [2.05, 4.69) is 24.1 Å². The quantitative estimate of drug-likeness (QED) is 0.426. The van der Waals surface area contributed by atoms with E-state index in [1.807, 2.05) is 13.1 Å². The van der Waals surface area contributed by atoms with Crippen LogP contribution in [0.1, 0.15) is 26.2 Å². The predicted molar refractivity (Wildman–Crippen MR) is 55.4 cm³/mol. The van der Waals surface area contributed by atoms with Crippen LogP contribution in [-0.2, 0) is 0 Å². The molecule has 0 amide bonds. The Morgan fingerprint density at radius 1 is 1.42 bits per heavy atom. The fraction of sp³-hybridized carbons (Fsp3) is 0.800. The molecule has 1 atom stereocenters. The molecule has 0 saturated heterocycles. The largest absolute Gasteiger partial charge is 0.318 e. The summed E-state index contributed by atoms with van der Waals surface area (Å²) in [5.74, 6) is 0. The molecule has 0 spiro atoms. The van der Waals surface area contributed by atoms with Crippen molar-refractivity contribution in [2.75, 3.05) is 20.1 Å². The Morgan fingerprint density at radius 2 is 2.17 bits per heavy atom. The van der Waals surface area contributed by atoms with Crippen LogP contribution >= 0.6 is 0 Å². The summed E-state index contributed by atoms with van der Waals surface area (Å²) in [6.07, 6.45) is 5.76. The normalized spacial score (nSPS) is 12.8. The number of unbranched alkanes of at least 4 members (excludes halogenated alkanes) is 1. The summed E-state index contributed by atoms with van der Waals surface area (Å²) in [6.45, 7) is 8.07. The topological polar surface area (TPSA) is 24.1 Å². The second-order valence-electron chi connectivity index (χ2n) is 3.04. The molecule has 0 aromatic heterocycles. The summed E-state index contributed by atoms with van der Waals surface area (Å²) in [4.78, 5) is 0. The van der Waals surface area contributed by atoms with Gasteiger partial charge in [0.2, 0.25) is 0 Å². The Bertz CT molecular complexity index is 102. The average Bonchev–Trinajstić information content (AvgIpc) is 2.11. The van der Waals surface area contributed by atoms with Crippen molar-refractivity contribution >= 4 is 0 Å². The van der Waals surface area contributed by atoms with Crippen LogP contribution in [-0.4, -0.2) is 26.2 Å². The van der Waals surface area contributed by atoms with Gasteiger partial charge in [-0.3, -0.25) is 0 Å². The molecule has 0 aromatic rings. The minimum absolute atomic E-state index is 0.498. The smallest absolute Gasteiger partial charge is 0.0247 e. The molecule has 2 N–H and O–H groups in total. The average molecular weight is 170 g/mol. The highest BCUT2D eigenvalue weighted by molar-refractivity contribution is 4.85. The zero-order valence-electron chi connectivity index (χ0n) is 8.40. The van der Waals surface area contributed by atoms with Gasteiger partial charge in [-0.2, -0.15) is 0 Å². The number of nitrogens with one attached hydrogen (secondary N) is 2. The first-order valence-corrected chi connectivity index (χ1v) is 4.85. The van der Waals surface area contributed by atoms with E-state index >= 15 is 0 Å². The SMILES string of the molecule is C=CC(CCCC)NCCNC. The third-order valence-electron chi connectivity index (χ3n) is 1.93. The molecular formula is C10H22N2. The Balaban J connectivity index is 3.32. The Hall–Kier alpha value is -0.340. The second kappa shape index (κ2) is 8.75. The Kier molecular flexibility index (Phi) is 8.51. The van der Waals surface area contributed by atoms with Crippen molar-refractivity contribution in [3.8, 4) is 0 Å². The molecule has 2 heteroatoms. The van der Waals surface area contributed by atoms with Crippen LogP contribution in [0.4, 0.5) is 0 Å². The van der Waals surface area contributed by atoms with Crippen LogP contribution in [0.15, 0.2) is 12.7 Å². The second-order valence-corrected chi connectivity index (χ2v) is 3.04. The van der Waals surface area contributed by atoms with Gasteiger partial charge < -0.3 is 10.6 Å². The molecule has 1 unspecified atom stereocenters. The van der Waals surface area contributed by atoms with Gasteiger partial charge in [-0.1, -0.05) is 25.8 Å². The Labute approximate surface area is 76.4 Å². The van der Waals surface area contributed by atoms with Gasteiger partial charge in [0.1, 0.15) is 0 Å². The summed E-state index contributed by atoms with van der Waals surface area (Å²) in [7, 11) is 1.97. The summed E-state index contributed by atoms with van der Waals surface area (Å²) in [6, 6.07) is 0.498. The van der Waals surface area contributed by atoms with Crippen LogP contribution < -0.4 is 10.6 Å². The van der Waals surface area contributed by atoms with E-state index in [0.29, 0.717) is 6.04 Å². The molecule has 0 radical (unpaired) electrons. The van der Waals surface area contributed by atoms with Gasteiger partial charge in [-0.15, -0.1) is 6.58 Å². The minimum Gasteiger partial charge on any atom is -0.318 e. The predicted octanol–water partition coefficient (Wildman–Crippen LogP) is 1.54. The van der Waals surface area contributed by atoms with Crippen molar-refractivity contribution in [1.82, 2.24) is 10.6 Å². The van der Waals surface area contributed by atoms with Crippen LogP contribution in [0, 0.1) is 0 Å². The Morgan fingerprint density at radius 3 is 2.67 bits per heavy atom. The van der Waals surface area contributed by atoms with E-state index in [-0.39, 0.29) is 0 Å². The number of likely N-dealkylation sites (N-methyl/N-ethyl adjacent to an activating group) is 1. The molecule has 0 aliphatic carbocycles. The van der Waals surface area contributed by atoms with Gasteiger partial charge in [-0.05, 0) is 13.5 Å². The van der Waals surface area contributed by atoms with Gasteiger partial charge >= 0.3 is 0 Å². The standard InChI is InChI=1S/C10H22N2/c1-4-6-7-10(5-2)12-9-8-11-3/h5,10-12H,2,4,6-9H2,1,3H3. The first kappa shape index (κ1) is 11.7. The van der Waals surface area contributed by atoms with Crippen molar-refractivity contribution in [2.45, 2.75) is 32.2 Å². The molecule has 0 rings (SSSR count). The monoisotopic (exact) mass is 170 g/mol. The highest BCUT2D eigenvalue weighted by atomic mass is 14.9. The molecule has 2 nitrogen and oxygen atoms in total. The van der Waals surface area contributed by atoms with E-state index in [0.717, 1.165) is 13.1 Å². The molecule has 0 fully saturated rings. The van der Waals surface area contributed by atoms with Crippen LogP contribution in [0.25, 0.3) is 0 Å². The summed E-state index contributed by atoms with van der Waals surface area (Å²) >= 11 is 0. The molecule has 72 valence electrons. The maximum absolute atomic E-state index is 3.81. The minimum atomic E-state index is 0.498. The lowest BCUT2D eigenvalue weighted by Crippen LogP contribution is -2.32. The van der Waals surface area contributed by atoms with Crippen molar-refractivity contribution in [3.63, 3.8) is 0 Å². The zero-order chi connectivity index (χ0) is 9.23. The van der Waals surface area contributed by atoms with Gasteiger partial charge in [-0.25, -0.2) is 0 Å². The van der Waals surface area contributed by atoms with Crippen LogP contribution in [0.2, 0.25) is 0 Å². The van der Waals surface area contributed by atoms with Crippen LogP contribution in [0.5, 0.6) is 0 Å².